The van der Waals surface area contributed by atoms with Gasteiger partial charge in [0.25, 0.3) is 0 Å². The van der Waals surface area contributed by atoms with Crippen molar-refractivity contribution < 1.29 is 9.53 Å². The van der Waals surface area contributed by atoms with Crippen LogP contribution in [0.25, 0.3) is 32.3 Å². The standard InChI is InChI=1S/C20H14O2/c1-11(21)22-17-10-15-9-14-4-2-3-12-5-6-13-7-8-16(17)19(15)20(13)18(12)14/h2-9,17H,10H2,1H3. The summed E-state index contributed by atoms with van der Waals surface area (Å²) in [5.74, 6) is -0.215. The molecule has 0 heterocycles. The Kier molecular flexibility index (Phi) is 2.17. The number of carbonyl (C=O) groups is 1. The molecule has 2 heteroatoms. The van der Waals surface area contributed by atoms with Gasteiger partial charge in [-0.2, -0.15) is 0 Å². The Morgan fingerprint density at radius 2 is 1.68 bits per heavy atom. The van der Waals surface area contributed by atoms with Gasteiger partial charge in [-0.15, -0.1) is 0 Å². The van der Waals surface area contributed by atoms with Crippen molar-refractivity contribution in [3.63, 3.8) is 0 Å². The van der Waals surface area contributed by atoms with Gasteiger partial charge in [0.1, 0.15) is 6.10 Å². The zero-order valence-electron chi connectivity index (χ0n) is 12.2. The third kappa shape index (κ3) is 1.42. The van der Waals surface area contributed by atoms with Gasteiger partial charge in [0.05, 0.1) is 0 Å². The Bertz CT molecular complexity index is 1060. The molecular formula is C20H14O2. The van der Waals surface area contributed by atoms with Crippen molar-refractivity contribution in [3.8, 4) is 0 Å². The second-order valence-electron chi connectivity index (χ2n) is 6.11. The predicted octanol–water partition coefficient (Wildman–Crippen LogP) is 4.74. The molecule has 2 nitrogen and oxygen atoms in total. The van der Waals surface area contributed by atoms with Crippen LogP contribution in [0.15, 0.2) is 48.5 Å². The van der Waals surface area contributed by atoms with Crippen LogP contribution in [-0.2, 0) is 16.0 Å². The van der Waals surface area contributed by atoms with Crippen LogP contribution in [0, 0.1) is 0 Å². The average Bonchev–Trinajstić information content (AvgIpc) is 2.85. The van der Waals surface area contributed by atoms with E-state index in [0.29, 0.717) is 0 Å². The summed E-state index contributed by atoms with van der Waals surface area (Å²) in [6.45, 7) is 1.48. The van der Waals surface area contributed by atoms with Crippen LogP contribution in [0.5, 0.6) is 0 Å². The van der Waals surface area contributed by atoms with Gasteiger partial charge < -0.3 is 4.74 Å². The molecule has 0 aliphatic heterocycles. The molecule has 0 saturated carbocycles. The first-order chi connectivity index (χ1) is 10.7. The maximum absolute atomic E-state index is 11.4. The van der Waals surface area contributed by atoms with E-state index < -0.39 is 0 Å². The van der Waals surface area contributed by atoms with E-state index in [-0.39, 0.29) is 12.1 Å². The quantitative estimate of drug-likeness (QED) is 0.373. The van der Waals surface area contributed by atoms with E-state index in [1.54, 1.807) is 0 Å². The maximum atomic E-state index is 11.4. The van der Waals surface area contributed by atoms with Crippen molar-refractivity contribution in [2.45, 2.75) is 19.4 Å². The van der Waals surface area contributed by atoms with E-state index in [9.17, 15) is 4.79 Å². The van der Waals surface area contributed by atoms with Crippen LogP contribution >= 0.6 is 0 Å². The van der Waals surface area contributed by atoms with Crippen LogP contribution in [0.4, 0.5) is 0 Å². The van der Waals surface area contributed by atoms with Crippen molar-refractivity contribution >= 4 is 38.3 Å². The Morgan fingerprint density at radius 3 is 2.50 bits per heavy atom. The Morgan fingerprint density at radius 1 is 0.955 bits per heavy atom. The van der Waals surface area contributed by atoms with Crippen molar-refractivity contribution in [2.75, 3.05) is 0 Å². The summed E-state index contributed by atoms with van der Waals surface area (Å²) in [5, 5.41) is 7.72. The van der Waals surface area contributed by atoms with Gasteiger partial charge in [-0.05, 0) is 37.9 Å². The molecule has 0 N–H and O–H groups in total. The van der Waals surface area contributed by atoms with Crippen molar-refractivity contribution in [1.82, 2.24) is 0 Å². The Labute approximate surface area is 127 Å². The average molecular weight is 286 g/mol. The molecule has 4 aromatic rings. The zero-order chi connectivity index (χ0) is 14.8. The number of rotatable bonds is 1. The lowest BCUT2D eigenvalue weighted by atomic mass is 9.91. The van der Waals surface area contributed by atoms with E-state index in [0.717, 1.165) is 12.0 Å². The van der Waals surface area contributed by atoms with Crippen molar-refractivity contribution in [3.05, 3.63) is 59.7 Å². The third-order valence-corrected chi connectivity index (χ3v) is 4.80. The molecule has 0 radical (unpaired) electrons. The summed E-state index contributed by atoms with van der Waals surface area (Å²) in [7, 11) is 0. The van der Waals surface area contributed by atoms with Gasteiger partial charge in [0, 0.05) is 18.9 Å². The van der Waals surface area contributed by atoms with Gasteiger partial charge in [0.2, 0.25) is 0 Å². The first kappa shape index (κ1) is 12.0. The summed E-state index contributed by atoms with van der Waals surface area (Å²) in [5.41, 5.74) is 2.44. The van der Waals surface area contributed by atoms with Crippen LogP contribution in [0.2, 0.25) is 0 Å². The molecule has 1 aliphatic carbocycles. The molecule has 4 aromatic carbocycles. The Balaban J connectivity index is 1.96. The molecule has 1 atom stereocenters. The van der Waals surface area contributed by atoms with E-state index >= 15 is 0 Å². The van der Waals surface area contributed by atoms with Crippen LogP contribution in [0.1, 0.15) is 24.2 Å². The zero-order valence-corrected chi connectivity index (χ0v) is 12.2. The molecule has 22 heavy (non-hydrogen) atoms. The fourth-order valence-corrected chi connectivity index (χ4v) is 4.01. The normalized spacial score (nSPS) is 16.9. The smallest absolute Gasteiger partial charge is 0.303 e. The van der Waals surface area contributed by atoms with Crippen LogP contribution in [-0.4, -0.2) is 5.97 Å². The lowest BCUT2D eigenvalue weighted by molar-refractivity contribution is -0.146. The van der Waals surface area contributed by atoms with Gasteiger partial charge in [-0.25, -0.2) is 0 Å². The van der Waals surface area contributed by atoms with Crippen molar-refractivity contribution in [2.24, 2.45) is 0 Å². The molecule has 0 aromatic heterocycles. The summed E-state index contributed by atoms with van der Waals surface area (Å²) >= 11 is 0. The summed E-state index contributed by atoms with van der Waals surface area (Å²) in [6.07, 6.45) is 0.631. The molecular weight excluding hydrogens is 272 g/mol. The minimum atomic E-state index is -0.215. The highest BCUT2D eigenvalue weighted by Gasteiger charge is 2.28. The SMILES string of the molecule is CC(=O)OC1Cc2cc3cccc4ccc5ccc1c2c5c43. The highest BCUT2D eigenvalue weighted by atomic mass is 16.5. The largest absolute Gasteiger partial charge is 0.457 e. The lowest BCUT2D eigenvalue weighted by Crippen LogP contribution is -2.06. The molecule has 5 rings (SSSR count). The topological polar surface area (TPSA) is 26.3 Å². The van der Waals surface area contributed by atoms with E-state index in [4.69, 9.17) is 4.74 Å². The molecule has 0 saturated heterocycles. The molecule has 0 fully saturated rings. The monoisotopic (exact) mass is 286 g/mol. The van der Waals surface area contributed by atoms with E-state index in [1.165, 1.54) is 44.8 Å². The number of hydrogen-bond donors (Lipinski definition) is 0. The summed E-state index contributed by atoms with van der Waals surface area (Å²) < 4.78 is 5.54. The minimum Gasteiger partial charge on any atom is -0.457 e. The number of carbonyl (C=O) groups excluding carboxylic acids is 1. The Hall–Kier alpha value is -2.61. The fraction of sp³-hybridized carbons (Fsp3) is 0.150. The number of benzene rings is 4. The van der Waals surface area contributed by atoms with Gasteiger partial charge in [-0.3, -0.25) is 4.79 Å². The second-order valence-corrected chi connectivity index (χ2v) is 6.11. The maximum Gasteiger partial charge on any atom is 0.303 e. The van der Waals surface area contributed by atoms with E-state index in [2.05, 4.69) is 48.5 Å². The van der Waals surface area contributed by atoms with E-state index in [1.807, 2.05) is 0 Å². The van der Waals surface area contributed by atoms with Gasteiger partial charge in [-0.1, -0.05) is 48.5 Å². The number of hydrogen-bond acceptors (Lipinski definition) is 2. The fourth-order valence-electron chi connectivity index (χ4n) is 4.01. The van der Waals surface area contributed by atoms with Crippen LogP contribution in [0.3, 0.4) is 0 Å². The minimum absolute atomic E-state index is 0.146. The molecule has 0 bridgehead atoms. The lowest BCUT2D eigenvalue weighted by Gasteiger charge is -2.13. The molecule has 1 aliphatic rings. The molecule has 0 spiro atoms. The summed E-state index contributed by atoms with van der Waals surface area (Å²) in [6, 6.07) is 17.3. The number of esters is 1. The van der Waals surface area contributed by atoms with Crippen molar-refractivity contribution in [1.29, 1.82) is 0 Å². The number of ether oxygens (including phenoxy) is 1. The molecule has 106 valence electrons. The first-order valence-corrected chi connectivity index (χ1v) is 7.59. The van der Waals surface area contributed by atoms with Gasteiger partial charge in [0.15, 0.2) is 0 Å². The highest BCUT2D eigenvalue weighted by molar-refractivity contribution is 6.24. The second kappa shape index (κ2) is 3.98. The third-order valence-electron chi connectivity index (χ3n) is 4.80. The van der Waals surface area contributed by atoms with Gasteiger partial charge >= 0.3 is 5.97 Å². The van der Waals surface area contributed by atoms with Crippen LogP contribution < -0.4 is 0 Å². The summed E-state index contributed by atoms with van der Waals surface area (Å²) in [4.78, 5) is 11.4. The highest BCUT2D eigenvalue weighted by Crippen LogP contribution is 2.45. The predicted molar refractivity (Wildman–Crippen MR) is 88.4 cm³/mol. The molecule has 1 unspecified atom stereocenters. The first-order valence-electron chi connectivity index (χ1n) is 7.59. The molecule has 0 amide bonds.